The molecule has 0 atom stereocenters. The van der Waals surface area contributed by atoms with Gasteiger partial charge in [-0.15, -0.1) is 0 Å². The number of nitrogens with one attached hydrogen (secondary N) is 2. The second kappa shape index (κ2) is 11.2. The molecular weight excluding hydrogens is 512 g/mol. The maximum atomic E-state index is 13.8. The average Bonchev–Trinajstić information content (AvgIpc) is 3.33. The minimum atomic E-state index is -0.193. The number of methoxy groups -OCH3 is 2. The fraction of sp³-hybridized carbons (Fsp3) is 0.233. The van der Waals surface area contributed by atoms with Gasteiger partial charge in [0.05, 0.1) is 25.7 Å². The molecule has 0 unspecified atom stereocenters. The Bertz CT molecular complexity index is 1740. The predicted octanol–water partition coefficient (Wildman–Crippen LogP) is 4.95. The van der Waals surface area contributed by atoms with E-state index in [4.69, 9.17) is 14.5 Å². The molecule has 39 heavy (non-hydrogen) atoms. The van der Waals surface area contributed by atoms with Crippen molar-refractivity contribution < 1.29 is 14.3 Å². The normalized spacial score (nSPS) is 11.2. The summed E-state index contributed by atoms with van der Waals surface area (Å²) in [5.74, 6) is 1.30. The Morgan fingerprint density at radius 1 is 1.03 bits per heavy atom. The van der Waals surface area contributed by atoms with Crippen molar-refractivity contribution in [1.82, 2.24) is 19.9 Å². The third kappa shape index (κ3) is 5.22. The Kier molecular flexibility index (Phi) is 7.60. The molecule has 3 aromatic carbocycles. The maximum absolute atomic E-state index is 13.8. The summed E-state index contributed by atoms with van der Waals surface area (Å²) in [7, 11) is 3.19. The van der Waals surface area contributed by atoms with Crippen LogP contribution in [-0.2, 0) is 11.2 Å². The van der Waals surface area contributed by atoms with Crippen molar-refractivity contribution >= 4 is 39.6 Å². The molecule has 0 aliphatic heterocycles. The van der Waals surface area contributed by atoms with Gasteiger partial charge in [0.25, 0.3) is 5.56 Å². The van der Waals surface area contributed by atoms with Crippen LogP contribution in [0.15, 0.2) is 70.6 Å². The van der Waals surface area contributed by atoms with Crippen molar-refractivity contribution in [1.29, 1.82) is 0 Å². The van der Waals surface area contributed by atoms with Crippen molar-refractivity contribution in [3.63, 3.8) is 0 Å². The summed E-state index contributed by atoms with van der Waals surface area (Å²) in [6, 6.07) is 19.3. The number of carbonyl (C=O) groups excluding carboxylic acids is 1. The molecule has 0 spiro atoms. The maximum Gasteiger partial charge on any atom is 0.283 e. The number of para-hydroxylation sites is 1. The number of thioether (sulfide) groups is 1. The number of hydrogen-bond donors (Lipinski definition) is 2. The van der Waals surface area contributed by atoms with Gasteiger partial charge in [-0.25, -0.2) is 4.98 Å². The molecule has 8 nitrogen and oxygen atoms in total. The molecule has 2 heterocycles. The molecule has 2 aromatic heterocycles. The smallest absolute Gasteiger partial charge is 0.283 e. The molecule has 1 amide bonds. The van der Waals surface area contributed by atoms with Gasteiger partial charge in [-0.1, -0.05) is 48.2 Å². The summed E-state index contributed by atoms with van der Waals surface area (Å²) in [5.41, 5.74) is 5.54. The zero-order valence-corrected chi connectivity index (χ0v) is 23.1. The van der Waals surface area contributed by atoms with Crippen molar-refractivity contribution in [3.8, 4) is 17.2 Å². The first-order chi connectivity index (χ1) is 18.9. The van der Waals surface area contributed by atoms with E-state index >= 15 is 0 Å². The van der Waals surface area contributed by atoms with Gasteiger partial charge >= 0.3 is 0 Å². The lowest BCUT2D eigenvalue weighted by atomic mass is 10.1. The van der Waals surface area contributed by atoms with Crippen LogP contribution in [-0.4, -0.2) is 47.0 Å². The van der Waals surface area contributed by atoms with Crippen LogP contribution in [0, 0.1) is 13.8 Å². The molecule has 9 heteroatoms. The zero-order valence-electron chi connectivity index (χ0n) is 22.3. The van der Waals surface area contributed by atoms with Gasteiger partial charge in [0, 0.05) is 17.4 Å². The number of H-pyrrole nitrogens is 1. The molecule has 0 radical (unpaired) electrons. The molecule has 200 valence electrons. The largest absolute Gasteiger partial charge is 0.493 e. The fourth-order valence-corrected chi connectivity index (χ4v) is 5.42. The molecule has 0 fully saturated rings. The summed E-state index contributed by atoms with van der Waals surface area (Å²) in [6.45, 7) is 4.47. The van der Waals surface area contributed by atoms with Gasteiger partial charge in [-0.05, 0) is 61.2 Å². The molecular formula is C30H30N4O4S. The molecule has 5 aromatic rings. The molecule has 0 saturated carbocycles. The first-order valence-corrected chi connectivity index (χ1v) is 13.6. The molecule has 0 saturated heterocycles. The van der Waals surface area contributed by atoms with Gasteiger partial charge < -0.3 is 19.8 Å². The van der Waals surface area contributed by atoms with Crippen LogP contribution < -0.4 is 20.3 Å². The first-order valence-electron chi connectivity index (χ1n) is 12.6. The minimum absolute atomic E-state index is 0.122. The van der Waals surface area contributed by atoms with E-state index in [2.05, 4.69) is 10.3 Å². The predicted molar refractivity (Wildman–Crippen MR) is 156 cm³/mol. The van der Waals surface area contributed by atoms with Gasteiger partial charge in [-0.2, -0.15) is 0 Å². The van der Waals surface area contributed by atoms with Gasteiger partial charge in [0.2, 0.25) is 5.91 Å². The van der Waals surface area contributed by atoms with Crippen LogP contribution in [0.25, 0.3) is 27.6 Å². The van der Waals surface area contributed by atoms with E-state index in [0.717, 1.165) is 33.3 Å². The highest BCUT2D eigenvalue weighted by Crippen LogP contribution is 2.29. The first kappa shape index (κ1) is 26.4. The standard InChI is InChI=1S/C30H30N4O4S/c1-18-8-7-11-23(19(18)2)34-29(36)28-27(21-9-5-6-10-22(21)32-28)33-30(34)39-17-26(35)31-15-14-20-12-13-24(37-3)25(16-20)38-4/h5-13,16,32H,14-15,17H2,1-4H3,(H,31,35). The minimum Gasteiger partial charge on any atom is -0.493 e. The van der Waals surface area contributed by atoms with Crippen LogP contribution in [0.2, 0.25) is 0 Å². The summed E-state index contributed by atoms with van der Waals surface area (Å²) in [4.78, 5) is 34.8. The summed E-state index contributed by atoms with van der Waals surface area (Å²) in [5, 5.41) is 4.32. The van der Waals surface area contributed by atoms with E-state index in [1.165, 1.54) is 11.8 Å². The average molecular weight is 543 g/mol. The lowest BCUT2D eigenvalue weighted by molar-refractivity contribution is -0.118. The highest BCUT2D eigenvalue weighted by atomic mass is 32.2. The fourth-order valence-electron chi connectivity index (χ4n) is 4.59. The number of aromatic nitrogens is 3. The van der Waals surface area contributed by atoms with E-state index in [9.17, 15) is 9.59 Å². The second-order valence-electron chi connectivity index (χ2n) is 9.23. The molecule has 0 aliphatic carbocycles. The number of amides is 1. The van der Waals surface area contributed by atoms with Gasteiger partial charge in [0.15, 0.2) is 16.7 Å². The summed E-state index contributed by atoms with van der Waals surface area (Å²) in [6.07, 6.45) is 0.642. The van der Waals surface area contributed by atoms with Crippen LogP contribution in [0.4, 0.5) is 0 Å². The van der Waals surface area contributed by atoms with Crippen molar-refractivity contribution in [2.75, 3.05) is 26.5 Å². The number of hydrogen-bond acceptors (Lipinski definition) is 6. The number of benzene rings is 3. The SMILES string of the molecule is COc1ccc(CCNC(=O)CSc2nc3c([nH]c4ccccc43)c(=O)n2-c2cccc(C)c2C)cc1OC. The topological polar surface area (TPSA) is 98.2 Å². The van der Waals surface area contributed by atoms with Crippen molar-refractivity contribution in [2.45, 2.75) is 25.4 Å². The van der Waals surface area contributed by atoms with E-state index in [-0.39, 0.29) is 17.2 Å². The van der Waals surface area contributed by atoms with Crippen molar-refractivity contribution in [3.05, 3.63) is 87.7 Å². The Hall–Kier alpha value is -4.24. The Balaban J connectivity index is 1.39. The van der Waals surface area contributed by atoms with E-state index in [0.29, 0.717) is 40.7 Å². The lowest BCUT2D eigenvalue weighted by Gasteiger charge is -2.15. The number of aryl methyl sites for hydroxylation is 1. The molecule has 0 bridgehead atoms. The number of ether oxygens (including phenoxy) is 2. The number of carbonyl (C=O) groups is 1. The highest BCUT2D eigenvalue weighted by molar-refractivity contribution is 7.99. The quantitative estimate of drug-likeness (QED) is 0.202. The van der Waals surface area contributed by atoms with E-state index in [1.807, 2.05) is 74.5 Å². The highest BCUT2D eigenvalue weighted by Gasteiger charge is 2.19. The van der Waals surface area contributed by atoms with Gasteiger partial charge in [-0.3, -0.25) is 14.2 Å². The van der Waals surface area contributed by atoms with Crippen LogP contribution in [0.3, 0.4) is 0 Å². The summed E-state index contributed by atoms with van der Waals surface area (Å²) < 4.78 is 12.3. The van der Waals surface area contributed by atoms with E-state index < -0.39 is 0 Å². The molecule has 5 rings (SSSR count). The van der Waals surface area contributed by atoms with Crippen molar-refractivity contribution in [2.24, 2.45) is 0 Å². The monoisotopic (exact) mass is 542 g/mol. The van der Waals surface area contributed by atoms with Crippen LogP contribution in [0.1, 0.15) is 16.7 Å². The number of fused-ring (bicyclic) bond motifs is 3. The Morgan fingerprint density at radius 2 is 1.82 bits per heavy atom. The molecule has 2 N–H and O–H groups in total. The molecule has 0 aliphatic rings. The third-order valence-electron chi connectivity index (χ3n) is 6.83. The van der Waals surface area contributed by atoms with Gasteiger partial charge in [0.1, 0.15) is 11.0 Å². The number of rotatable bonds is 9. The number of nitrogens with zero attached hydrogens (tertiary/aromatic N) is 2. The number of aromatic amines is 1. The lowest BCUT2D eigenvalue weighted by Crippen LogP contribution is -2.28. The Labute approximate surface area is 230 Å². The zero-order chi connectivity index (χ0) is 27.5. The van der Waals surface area contributed by atoms with Crippen LogP contribution in [0.5, 0.6) is 11.5 Å². The van der Waals surface area contributed by atoms with E-state index in [1.54, 1.807) is 18.8 Å². The third-order valence-corrected chi connectivity index (χ3v) is 7.77. The second-order valence-corrected chi connectivity index (χ2v) is 10.2. The van der Waals surface area contributed by atoms with Crippen LogP contribution >= 0.6 is 11.8 Å². The summed E-state index contributed by atoms with van der Waals surface area (Å²) >= 11 is 1.25. The Morgan fingerprint density at radius 3 is 2.62 bits per heavy atom.